The summed E-state index contributed by atoms with van der Waals surface area (Å²) in [6, 6.07) is 12.0. The molecule has 2 aromatic rings. The molecule has 0 saturated carbocycles. The van der Waals surface area contributed by atoms with Gasteiger partial charge in [0.25, 0.3) is 0 Å². The van der Waals surface area contributed by atoms with Gasteiger partial charge >= 0.3 is 0 Å². The van der Waals surface area contributed by atoms with Crippen LogP contribution in [0.25, 0.3) is 0 Å². The highest BCUT2D eigenvalue weighted by Crippen LogP contribution is 2.30. The topological polar surface area (TPSA) is 80.3 Å². The van der Waals surface area contributed by atoms with Gasteiger partial charge in [-0.15, -0.1) is 0 Å². The summed E-state index contributed by atoms with van der Waals surface area (Å²) in [5, 5.41) is 3.70. The van der Waals surface area contributed by atoms with Gasteiger partial charge in [0, 0.05) is 50.7 Å². The number of likely N-dealkylation sites (tertiary alicyclic amines) is 1. The third-order valence-electron chi connectivity index (χ3n) is 7.53. The van der Waals surface area contributed by atoms with Crippen LogP contribution in [0.15, 0.2) is 36.4 Å². The number of carbonyl (C=O) groups excluding carboxylic acids is 2. The number of halogens is 1. The SMILES string of the molecule is COc1ccc(CN2CCO[C@](COc3cc(C)c(Cl)c(C)c3)(CC(=O)N3CCC(NC(C)=O)CC3)C2)cc1. The standard InChI is InChI=1S/C30H40ClN3O5/c1-21-15-27(16-22(2)29(21)31)38-20-30(17-28(36)34-11-9-25(10-12-34)32-23(3)35)19-33(13-14-39-30)18-24-5-7-26(37-4)8-6-24/h5-8,15-16,25H,9-14,17-20H2,1-4H3,(H,32,35)/t30-/m1/s1. The third kappa shape index (κ3) is 7.87. The summed E-state index contributed by atoms with van der Waals surface area (Å²) in [7, 11) is 1.66. The Morgan fingerprint density at radius 1 is 1.08 bits per heavy atom. The molecular formula is C30H40ClN3O5. The van der Waals surface area contributed by atoms with Crippen molar-refractivity contribution >= 4 is 23.4 Å². The number of nitrogens with one attached hydrogen (secondary N) is 1. The zero-order valence-corrected chi connectivity index (χ0v) is 24.2. The number of nitrogens with zero attached hydrogens (tertiary/aromatic N) is 2. The Bertz CT molecular complexity index is 1130. The van der Waals surface area contributed by atoms with Crippen LogP contribution >= 0.6 is 11.6 Å². The van der Waals surface area contributed by atoms with Gasteiger partial charge in [-0.2, -0.15) is 0 Å². The highest BCUT2D eigenvalue weighted by atomic mass is 35.5. The molecule has 1 N–H and O–H groups in total. The van der Waals surface area contributed by atoms with Gasteiger partial charge in [-0.1, -0.05) is 23.7 Å². The minimum atomic E-state index is -0.794. The molecule has 2 aliphatic rings. The third-order valence-corrected chi connectivity index (χ3v) is 8.13. The minimum absolute atomic E-state index is 0.0314. The van der Waals surface area contributed by atoms with Crippen LogP contribution in [0.1, 0.15) is 42.9 Å². The summed E-state index contributed by atoms with van der Waals surface area (Å²) < 4.78 is 18.0. The van der Waals surface area contributed by atoms with Crippen LogP contribution in [0.5, 0.6) is 11.5 Å². The lowest BCUT2D eigenvalue weighted by atomic mass is 9.95. The van der Waals surface area contributed by atoms with Gasteiger partial charge in [-0.05, 0) is 67.6 Å². The van der Waals surface area contributed by atoms with Gasteiger partial charge < -0.3 is 24.4 Å². The Labute approximate surface area is 236 Å². The van der Waals surface area contributed by atoms with Gasteiger partial charge in [0.05, 0.1) is 20.1 Å². The van der Waals surface area contributed by atoms with Crippen molar-refractivity contribution in [1.29, 1.82) is 0 Å². The maximum Gasteiger partial charge on any atom is 0.225 e. The molecule has 4 rings (SSSR count). The van der Waals surface area contributed by atoms with Gasteiger partial charge in [0.2, 0.25) is 11.8 Å². The number of carbonyl (C=O) groups is 2. The van der Waals surface area contributed by atoms with E-state index in [1.807, 2.05) is 43.0 Å². The molecule has 2 heterocycles. The Balaban J connectivity index is 1.48. The van der Waals surface area contributed by atoms with E-state index in [0.717, 1.165) is 47.8 Å². The molecular weight excluding hydrogens is 518 g/mol. The number of aryl methyl sites for hydroxylation is 2. The molecule has 2 amide bonds. The normalized spacial score (nSPS) is 20.5. The maximum atomic E-state index is 13.6. The average molecular weight is 558 g/mol. The highest BCUT2D eigenvalue weighted by Gasteiger charge is 2.41. The number of ether oxygens (including phenoxy) is 3. The van der Waals surface area contributed by atoms with Crippen molar-refractivity contribution in [2.75, 3.05) is 46.5 Å². The fourth-order valence-electron chi connectivity index (χ4n) is 5.45. The number of amides is 2. The molecule has 1 atom stereocenters. The number of morpholine rings is 1. The van der Waals surface area contributed by atoms with Crippen LogP contribution in [-0.4, -0.2) is 79.8 Å². The van der Waals surface area contributed by atoms with E-state index in [-0.39, 0.29) is 30.9 Å². The van der Waals surface area contributed by atoms with Crippen LogP contribution in [0.4, 0.5) is 0 Å². The van der Waals surface area contributed by atoms with Crippen LogP contribution in [0.2, 0.25) is 5.02 Å². The first-order valence-corrected chi connectivity index (χ1v) is 14.0. The maximum absolute atomic E-state index is 13.6. The van der Waals surface area contributed by atoms with Crippen molar-refractivity contribution in [3.05, 3.63) is 58.1 Å². The lowest BCUT2D eigenvalue weighted by Gasteiger charge is -2.43. The van der Waals surface area contributed by atoms with E-state index in [1.54, 1.807) is 7.11 Å². The Morgan fingerprint density at radius 2 is 1.74 bits per heavy atom. The Hall–Kier alpha value is -2.81. The van der Waals surface area contributed by atoms with Gasteiger partial charge in [0.15, 0.2) is 0 Å². The summed E-state index contributed by atoms with van der Waals surface area (Å²) in [5.74, 6) is 1.56. The molecule has 0 aliphatic carbocycles. The van der Waals surface area contributed by atoms with Crippen molar-refractivity contribution in [3.8, 4) is 11.5 Å². The zero-order valence-electron chi connectivity index (χ0n) is 23.4. The Morgan fingerprint density at radius 3 is 2.36 bits per heavy atom. The van der Waals surface area contributed by atoms with Crippen molar-refractivity contribution in [2.24, 2.45) is 0 Å². The fraction of sp³-hybridized carbons (Fsp3) is 0.533. The minimum Gasteiger partial charge on any atom is -0.497 e. The molecule has 0 spiro atoms. The van der Waals surface area contributed by atoms with Crippen molar-refractivity contribution < 1.29 is 23.8 Å². The van der Waals surface area contributed by atoms with E-state index >= 15 is 0 Å². The van der Waals surface area contributed by atoms with Gasteiger partial charge in [-0.25, -0.2) is 0 Å². The van der Waals surface area contributed by atoms with E-state index in [4.69, 9.17) is 25.8 Å². The highest BCUT2D eigenvalue weighted by molar-refractivity contribution is 6.32. The van der Waals surface area contributed by atoms with Crippen molar-refractivity contribution in [3.63, 3.8) is 0 Å². The van der Waals surface area contributed by atoms with E-state index in [0.29, 0.717) is 32.0 Å². The summed E-state index contributed by atoms with van der Waals surface area (Å²) >= 11 is 6.37. The summed E-state index contributed by atoms with van der Waals surface area (Å²) in [6.07, 6.45) is 1.73. The monoisotopic (exact) mass is 557 g/mol. The smallest absolute Gasteiger partial charge is 0.225 e. The van der Waals surface area contributed by atoms with Gasteiger partial charge in [-0.3, -0.25) is 14.5 Å². The van der Waals surface area contributed by atoms with E-state index in [1.165, 1.54) is 12.5 Å². The number of hydrogen-bond donors (Lipinski definition) is 1. The number of benzene rings is 2. The lowest BCUT2D eigenvalue weighted by Crippen LogP contribution is -2.57. The van der Waals surface area contributed by atoms with E-state index < -0.39 is 5.60 Å². The predicted octanol–water partition coefficient (Wildman–Crippen LogP) is 4.13. The molecule has 39 heavy (non-hydrogen) atoms. The number of rotatable bonds is 9. The second-order valence-corrected chi connectivity index (χ2v) is 11.2. The quantitative estimate of drug-likeness (QED) is 0.499. The molecule has 0 aromatic heterocycles. The molecule has 0 radical (unpaired) electrons. The molecule has 212 valence electrons. The lowest BCUT2D eigenvalue weighted by molar-refractivity contribution is -0.157. The van der Waals surface area contributed by atoms with Crippen molar-refractivity contribution in [2.45, 2.75) is 58.2 Å². The van der Waals surface area contributed by atoms with Crippen molar-refractivity contribution in [1.82, 2.24) is 15.1 Å². The van der Waals surface area contributed by atoms with Crippen LogP contribution in [0, 0.1) is 13.8 Å². The number of methoxy groups -OCH3 is 1. The van der Waals surface area contributed by atoms with E-state index in [2.05, 4.69) is 22.3 Å². The van der Waals surface area contributed by atoms with E-state index in [9.17, 15) is 9.59 Å². The first-order chi connectivity index (χ1) is 18.7. The summed E-state index contributed by atoms with van der Waals surface area (Å²) in [4.78, 5) is 29.2. The zero-order chi connectivity index (χ0) is 28.0. The number of hydrogen-bond acceptors (Lipinski definition) is 6. The van der Waals surface area contributed by atoms with Crippen LogP contribution in [0.3, 0.4) is 0 Å². The molecule has 9 heteroatoms. The molecule has 2 aliphatic heterocycles. The molecule has 0 unspecified atom stereocenters. The fourth-order valence-corrected chi connectivity index (χ4v) is 5.55. The molecule has 2 aromatic carbocycles. The average Bonchev–Trinajstić information content (AvgIpc) is 2.91. The Kier molecular flexibility index (Phi) is 9.75. The summed E-state index contributed by atoms with van der Waals surface area (Å²) in [6.45, 7) is 9.52. The first kappa shape index (κ1) is 29.2. The largest absolute Gasteiger partial charge is 0.497 e. The summed E-state index contributed by atoms with van der Waals surface area (Å²) in [5.41, 5.74) is 2.27. The second-order valence-electron chi connectivity index (χ2n) is 10.8. The molecule has 0 bridgehead atoms. The molecule has 8 nitrogen and oxygen atoms in total. The first-order valence-electron chi connectivity index (χ1n) is 13.6. The van der Waals surface area contributed by atoms with Crippen LogP contribution in [-0.2, 0) is 20.9 Å². The molecule has 2 saturated heterocycles. The number of piperidine rings is 1. The van der Waals surface area contributed by atoms with Crippen LogP contribution < -0.4 is 14.8 Å². The molecule has 2 fully saturated rings. The van der Waals surface area contributed by atoms with Gasteiger partial charge in [0.1, 0.15) is 23.7 Å². The second kappa shape index (κ2) is 13.0. The predicted molar refractivity (Wildman–Crippen MR) is 151 cm³/mol.